The molecule has 0 N–H and O–H groups in total. The minimum Gasteiger partial charge on any atom is -0.493 e. The first kappa shape index (κ1) is 25.4. The molecule has 2 aliphatic heterocycles. The van der Waals surface area contributed by atoms with Crippen molar-refractivity contribution < 1.29 is 28.5 Å². The van der Waals surface area contributed by atoms with E-state index in [1.54, 1.807) is 37.3 Å². The fourth-order valence-corrected chi connectivity index (χ4v) is 5.21. The number of carbonyl (C=O) groups excluding carboxylic acids is 2. The number of ether oxygens (including phenoxy) is 4. The average molecular weight is 523 g/mol. The highest BCUT2D eigenvalue weighted by Gasteiger charge is 2.43. The molecule has 2 aliphatic rings. The van der Waals surface area contributed by atoms with Crippen LogP contribution in [0.15, 0.2) is 30.3 Å². The maximum atomic E-state index is 13.6. The van der Waals surface area contributed by atoms with Gasteiger partial charge in [0.1, 0.15) is 0 Å². The summed E-state index contributed by atoms with van der Waals surface area (Å²) in [6, 6.07) is 8.46. The number of likely N-dealkylation sites (tertiary alicyclic amines) is 1. The van der Waals surface area contributed by atoms with Crippen molar-refractivity contribution in [1.29, 1.82) is 0 Å². The number of halogens is 2. The monoisotopic (exact) mass is 522 g/mol. The molecule has 2 heterocycles. The Balaban J connectivity index is 1.71. The van der Waals surface area contributed by atoms with E-state index in [2.05, 4.69) is 0 Å². The summed E-state index contributed by atoms with van der Waals surface area (Å²) < 4.78 is 21.9. The van der Waals surface area contributed by atoms with Gasteiger partial charge in [0.25, 0.3) is 5.91 Å². The van der Waals surface area contributed by atoms with E-state index in [1.807, 2.05) is 17.0 Å². The molecule has 2 amide bonds. The molecule has 0 aromatic heterocycles. The van der Waals surface area contributed by atoms with Crippen LogP contribution in [0.4, 0.5) is 0 Å². The summed E-state index contributed by atoms with van der Waals surface area (Å²) in [6.07, 6.45) is 0. The molecule has 0 bridgehead atoms. The second-order valence-corrected chi connectivity index (χ2v) is 9.29. The summed E-state index contributed by atoms with van der Waals surface area (Å²) in [5.41, 5.74) is 1.17. The van der Waals surface area contributed by atoms with Gasteiger partial charge >= 0.3 is 0 Å². The van der Waals surface area contributed by atoms with Crippen molar-refractivity contribution >= 4 is 35.0 Å². The van der Waals surface area contributed by atoms with Gasteiger partial charge in [0.15, 0.2) is 11.5 Å². The van der Waals surface area contributed by atoms with Crippen molar-refractivity contribution in [3.63, 3.8) is 0 Å². The van der Waals surface area contributed by atoms with E-state index in [0.717, 1.165) is 5.56 Å². The van der Waals surface area contributed by atoms with Crippen molar-refractivity contribution in [1.82, 2.24) is 9.80 Å². The Hall–Kier alpha value is -2.68. The van der Waals surface area contributed by atoms with E-state index in [9.17, 15) is 9.59 Å². The largest absolute Gasteiger partial charge is 0.493 e. The summed E-state index contributed by atoms with van der Waals surface area (Å²) in [5, 5.41) is 0.721. The molecule has 0 unspecified atom stereocenters. The highest BCUT2D eigenvalue weighted by Crippen LogP contribution is 2.44. The number of rotatable bonds is 6. The number of benzene rings is 2. The van der Waals surface area contributed by atoms with Gasteiger partial charge in [-0.25, -0.2) is 0 Å². The summed E-state index contributed by atoms with van der Waals surface area (Å²) in [7, 11) is 4.63. The molecule has 35 heavy (non-hydrogen) atoms. The molecular formula is C25H28Cl2N2O6. The maximum Gasteiger partial charge on any atom is 0.255 e. The van der Waals surface area contributed by atoms with E-state index in [0.29, 0.717) is 60.7 Å². The molecule has 0 spiro atoms. The highest BCUT2D eigenvalue weighted by molar-refractivity contribution is 6.36. The molecule has 2 fully saturated rings. The minimum absolute atomic E-state index is 0.00967. The lowest BCUT2D eigenvalue weighted by Crippen LogP contribution is -2.45. The van der Waals surface area contributed by atoms with Crippen molar-refractivity contribution in [2.45, 2.75) is 5.92 Å². The van der Waals surface area contributed by atoms with E-state index in [4.69, 9.17) is 42.1 Å². The third kappa shape index (κ3) is 5.15. The zero-order valence-electron chi connectivity index (χ0n) is 19.9. The van der Waals surface area contributed by atoms with Crippen LogP contribution in [0.2, 0.25) is 10.0 Å². The Morgan fingerprint density at radius 1 is 0.914 bits per heavy atom. The molecule has 2 aromatic rings. The Morgan fingerprint density at radius 3 is 2.14 bits per heavy atom. The van der Waals surface area contributed by atoms with Crippen LogP contribution in [0, 0.1) is 5.92 Å². The van der Waals surface area contributed by atoms with Gasteiger partial charge in [-0.1, -0.05) is 23.2 Å². The van der Waals surface area contributed by atoms with E-state index < -0.39 is 5.92 Å². The second kappa shape index (κ2) is 10.9. The Morgan fingerprint density at radius 2 is 1.57 bits per heavy atom. The van der Waals surface area contributed by atoms with Crippen LogP contribution in [0.5, 0.6) is 17.2 Å². The van der Waals surface area contributed by atoms with Gasteiger partial charge in [0, 0.05) is 37.1 Å². The molecule has 2 saturated heterocycles. The minimum atomic E-state index is -0.453. The van der Waals surface area contributed by atoms with Gasteiger partial charge in [-0.15, -0.1) is 0 Å². The maximum absolute atomic E-state index is 13.6. The molecule has 10 heteroatoms. The number of morpholine rings is 1. The number of methoxy groups -OCH3 is 3. The predicted octanol–water partition coefficient (Wildman–Crippen LogP) is 3.73. The molecule has 8 nitrogen and oxygen atoms in total. The molecule has 0 aliphatic carbocycles. The number of hydrogen-bond acceptors (Lipinski definition) is 6. The van der Waals surface area contributed by atoms with Gasteiger partial charge in [0.2, 0.25) is 11.7 Å². The van der Waals surface area contributed by atoms with Crippen molar-refractivity contribution in [3.05, 3.63) is 51.5 Å². The molecule has 2 atom stereocenters. The topological polar surface area (TPSA) is 77.5 Å². The van der Waals surface area contributed by atoms with Crippen molar-refractivity contribution in [2.75, 3.05) is 60.7 Å². The van der Waals surface area contributed by atoms with Crippen molar-refractivity contribution in [2.24, 2.45) is 5.92 Å². The summed E-state index contributed by atoms with van der Waals surface area (Å²) in [5.74, 6) is 0.453. The van der Waals surface area contributed by atoms with Crippen LogP contribution in [0.3, 0.4) is 0 Å². The number of carbonyl (C=O) groups is 2. The molecular weight excluding hydrogens is 495 g/mol. The van der Waals surface area contributed by atoms with Crippen LogP contribution in [-0.4, -0.2) is 82.3 Å². The summed E-state index contributed by atoms with van der Waals surface area (Å²) in [4.78, 5) is 30.5. The Labute approximate surface area is 214 Å². The fourth-order valence-electron chi connectivity index (χ4n) is 4.72. The van der Waals surface area contributed by atoms with E-state index in [-0.39, 0.29) is 29.3 Å². The lowest BCUT2D eigenvalue weighted by atomic mass is 9.87. The SMILES string of the molecule is COc1cc([C@@H]2CN(C(=O)c3ccc(Cl)cc3Cl)C[C@H]2C(=O)N2CCOCC2)cc(OC)c1OC. The number of hydrogen-bond donors (Lipinski definition) is 0. The normalized spacial score (nSPS) is 20.0. The van der Waals surface area contributed by atoms with Gasteiger partial charge in [0.05, 0.1) is 51.0 Å². The standard InChI is InChI=1S/C25H28Cl2N2O6/c1-32-21-10-15(11-22(33-2)23(21)34-3)18-13-29(24(30)17-5-4-16(26)12-20(17)27)14-19(18)25(31)28-6-8-35-9-7-28/h4-5,10-12,18-19H,6-9,13-14H2,1-3H3/t18-,19+/m0/s1. The van der Waals surface area contributed by atoms with Crippen LogP contribution >= 0.6 is 23.2 Å². The van der Waals surface area contributed by atoms with Crippen LogP contribution in [-0.2, 0) is 9.53 Å². The molecule has 2 aromatic carbocycles. The first-order valence-corrected chi connectivity index (χ1v) is 12.0. The highest BCUT2D eigenvalue weighted by atomic mass is 35.5. The van der Waals surface area contributed by atoms with Gasteiger partial charge in [-0.2, -0.15) is 0 Å². The molecule has 4 rings (SSSR count). The van der Waals surface area contributed by atoms with Crippen LogP contribution < -0.4 is 14.2 Å². The smallest absolute Gasteiger partial charge is 0.255 e. The van der Waals surface area contributed by atoms with Gasteiger partial charge in [-0.05, 0) is 35.9 Å². The first-order valence-electron chi connectivity index (χ1n) is 11.3. The number of nitrogens with zero attached hydrogens (tertiary/aromatic N) is 2. The first-order chi connectivity index (χ1) is 16.9. The lowest BCUT2D eigenvalue weighted by molar-refractivity contribution is -0.139. The second-order valence-electron chi connectivity index (χ2n) is 8.44. The lowest BCUT2D eigenvalue weighted by Gasteiger charge is -2.31. The van der Waals surface area contributed by atoms with Crippen LogP contribution in [0.1, 0.15) is 21.8 Å². The predicted molar refractivity (Wildman–Crippen MR) is 132 cm³/mol. The number of amides is 2. The Kier molecular flexibility index (Phi) is 7.94. The zero-order chi connectivity index (χ0) is 25.1. The third-order valence-corrected chi connectivity index (χ3v) is 7.07. The summed E-state index contributed by atoms with van der Waals surface area (Å²) in [6.45, 7) is 2.63. The Bertz CT molecular complexity index is 1080. The summed E-state index contributed by atoms with van der Waals surface area (Å²) >= 11 is 12.3. The molecule has 0 radical (unpaired) electrons. The van der Waals surface area contributed by atoms with Gasteiger partial charge in [-0.3, -0.25) is 9.59 Å². The quantitative estimate of drug-likeness (QED) is 0.575. The third-order valence-electron chi connectivity index (χ3n) is 6.52. The van der Waals surface area contributed by atoms with E-state index in [1.165, 1.54) is 7.11 Å². The zero-order valence-corrected chi connectivity index (χ0v) is 21.4. The fraction of sp³-hybridized carbons (Fsp3) is 0.440. The van der Waals surface area contributed by atoms with Crippen molar-refractivity contribution in [3.8, 4) is 17.2 Å². The molecule has 188 valence electrons. The van der Waals surface area contributed by atoms with Gasteiger partial charge < -0.3 is 28.7 Å². The average Bonchev–Trinajstić information content (AvgIpc) is 3.33. The van der Waals surface area contributed by atoms with Crippen LogP contribution in [0.25, 0.3) is 0 Å². The van der Waals surface area contributed by atoms with E-state index >= 15 is 0 Å². The molecule has 0 saturated carbocycles.